The van der Waals surface area contributed by atoms with Gasteiger partial charge in [-0.2, -0.15) is 0 Å². The Morgan fingerprint density at radius 1 is 1.03 bits per heavy atom. The number of fused-ring (bicyclic) bond motifs is 2. The Balaban J connectivity index is 0.00000190. The summed E-state index contributed by atoms with van der Waals surface area (Å²) in [6.45, 7) is 4.64. The number of nitrogens with one attached hydrogen (secondary N) is 3. The first-order valence-corrected chi connectivity index (χ1v) is 11.7. The molecule has 37 heavy (non-hydrogen) atoms. The number of aromatic nitrogens is 3. The van der Waals surface area contributed by atoms with Gasteiger partial charge in [0.1, 0.15) is 11.6 Å². The highest BCUT2D eigenvalue weighted by Gasteiger charge is 2.20. The van der Waals surface area contributed by atoms with E-state index in [-0.39, 0.29) is 42.4 Å². The number of rotatable bonds is 7. The summed E-state index contributed by atoms with van der Waals surface area (Å²) in [6, 6.07) is 13.9. The smallest absolute Gasteiger partial charge is 0.325 e. The number of hydrogen-bond acceptors (Lipinski definition) is 5. The van der Waals surface area contributed by atoms with Crippen molar-refractivity contribution in [2.45, 2.75) is 13.0 Å². The normalized spacial score (nSPS) is 13.7. The molecule has 4 aromatic rings. The van der Waals surface area contributed by atoms with E-state index in [4.69, 9.17) is 4.74 Å². The third-order valence-electron chi connectivity index (χ3n) is 6.11. The van der Waals surface area contributed by atoms with Crippen LogP contribution >= 0.6 is 24.8 Å². The minimum absolute atomic E-state index is 0. The highest BCUT2D eigenvalue weighted by atomic mass is 35.5. The first-order valence-electron chi connectivity index (χ1n) is 11.7. The van der Waals surface area contributed by atoms with Gasteiger partial charge in [-0.25, -0.2) is 19.0 Å². The monoisotopic (exact) mass is 550 g/mol. The summed E-state index contributed by atoms with van der Waals surface area (Å²) in [6.07, 6.45) is 0.677. The van der Waals surface area contributed by atoms with E-state index in [1.54, 1.807) is 12.1 Å². The highest BCUT2D eigenvalue weighted by molar-refractivity contribution is 5.90. The number of halogens is 3. The largest absolute Gasteiger partial charge is 0.494 e. The number of imidazole rings is 1. The number of benzene rings is 2. The molecule has 0 saturated carbocycles. The molecular formula is C25H29Cl2FN6O3. The fraction of sp³-hybridized carbons (Fsp3) is 0.320. The van der Waals surface area contributed by atoms with E-state index in [9.17, 15) is 14.0 Å². The van der Waals surface area contributed by atoms with Crippen LogP contribution in [-0.4, -0.2) is 70.1 Å². The zero-order valence-corrected chi connectivity index (χ0v) is 21.7. The molecule has 1 aliphatic rings. The van der Waals surface area contributed by atoms with E-state index < -0.39 is 0 Å². The van der Waals surface area contributed by atoms with Crippen LogP contribution in [0.1, 0.15) is 12.0 Å². The standard InChI is InChI=1S/C25H27FN6O3.2ClH/c26-19-4-2-17(3-5-19)16-31-9-11-32(12-10-31)25(34)27-8-1-13-35-20-6-7-21-18(14-20)15-22-23(28-21)30-24(33)29-22;;/h2-7,14-15H,1,8-13,16H2,(H,27,34)(H2,28,29,30,33);2*1H. The Kier molecular flexibility index (Phi) is 9.73. The van der Waals surface area contributed by atoms with Crippen LogP contribution < -0.4 is 15.7 Å². The van der Waals surface area contributed by atoms with E-state index in [1.807, 2.05) is 29.2 Å². The number of nitrogens with zero attached hydrogens (tertiary/aromatic N) is 3. The van der Waals surface area contributed by atoms with E-state index >= 15 is 0 Å². The molecule has 1 saturated heterocycles. The lowest BCUT2D eigenvalue weighted by molar-refractivity contribution is 0.135. The molecule has 0 radical (unpaired) electrons. The van der Waals surface area contributed by atoms with Gasteiger partial charge in [0.15, 0.2) is 5.65 Å². The van der Waals surface area contributed by atoms with Gasteiger partial charge in [0.05, 0.1) is 17.6 Å². The summed E-state index contributed by atoms with van der Waals surface area (Å²) >= 11 is 0. The number of amides is 2. The quantitative estimate of drug-likeness (QED) is 0.304. The zero-order valence-electron chi connectivity index (χ0n) is 20.0. The number of ether oxygens (including phenoxy) is 1. The summed E-state index contributed by atoms with van der Waals surface area (Å²) in [5.74, 6) is 0.479. The van der Waals surface area contributed by atoms with Gasteiger partial charge in [-0.1, -0.05) is 12.1 Å². The number of pyridine rings is 1. The molecule has 9 nitrogen and oxygen atoms in total. The van der Waals surface area contributed by atoms with Crippen molar-refractivity contribution in [2.75, 3.05) is 39.3 Å². The summed E-state index contributed by atoms with van der Waals surface area (Å²) in [7, 11) is 0. The molecule has 3 N–H and O–H groups in total. The second kappa shape index (κ2) is 12.8. The second-order valence-corrected chi connectivity index (χ2v) is 8.64. The highest BCUT2D eigenvalue weighted by Crippen LogP contribution is 2.22. The first kappa shape index (κ1) is 28.2. The predicted molar refractivity (Wildman–Crippen MR) is 145 cm³/mol. The second-order valence-electron chi connectivity index (χ2n) is 8.64. The third-order valence-corrected chi connectivity index (χ3v) is 6.11. The van der Waals surface area contributed by atoms with E-state index in [0.29, 0.717) is 49.6 Å². The molecule has 0 aliphatic carbocycles. The maximum absolute atomic E-state index is 13.1. The average molecular weight is 551 g/mol. The van der Waals surface area contributed by atoms with Crippen LogP contribution in [0.3, 0.4) is 0 Å². The Hall–Kier alpha value is -3.34. The van der Waals surface area contributed by atoms with Gasteiger partial charge in [0.2, 0.25) is 0 Å². The number of urea groups is 1. The Morgan fingerprint density at radius 2 is 1.78 bits per heavy atom. The molecule has 0 atom stereocenters. The molecule has 0 spiro atoms. The van der Waals surface area contributed by atoms with Crippen LogP contribution in [0.25, 0.3) is 22.1 Å². The fourth-order valence-electron chi connectivity index (χ4n) is 4.22. The summed E-state index contributed by atoms with van der Waals surface area (Å²) in [5, 5.41) is 3.83. The minimum Gasteiger partial charge on any atom is -0.494 e. The van der Waals surface area contributed by atoms with Crippen LogP contribution in [0, 0.1) is 5.82 Å². The van der Waals surface area contributed by atoms with Gasteiger partial charge >= 0.3 is 11.7 Å². The lowest BCUT2D eigenvalue weighted by Gasteiger charge is -2.34. The molecule has 198 valence electrons. The van der Waals surface area contributed by atoms with Crippen LogP contribution in [-0.2, 0) is 6.54 Å². The molecule has 0 bridgehead atoms. The van der Waals surface area contributed by atoms with E-state index in [1.165, 1.54) is 12.1 Å². The summed E-state index contributed by atoms with van der Waals surface area (Å²) in [5.41, 5.74) is 2.73. The molecule has 2 amide bonds. The SMILES string of the molecule is Cl.Cl.O=C(NCCCOc1ccc2nc3[nH]c(=O)[nH]c3cc2c1)N1CCN(Cc2ccc(F)cc2)CC1. The van der Waals surface area contributed by atoms with Crippen LogP contribution in [0.2, 0.25) is 0 Å². The third kappa shape index (κ3) is 7.12. The number of carbonyl (C=O) groups excluding carboxylic acids is 1. The topological polar surface area (TPSA) is 106 Å². The van der Waals surface area contributed by atoms with Gasteiger partial charge in [-0.15, -0.1) is 24.8 Å². The lowest BCUT2D eigenvalue weighted by atomic mass is 10.2. The number of hydrogen-bond donors (Lipinski definition) is 3. The van der Waals surface area contributed by atoms with Crippen molar-refractivity contribution in [2.24, 2.45) is 0 Å². The van der Waals surface area contributed by atoms with Crippen molar-refractivity contribution in [1.29, 1.82) is 0 Å². The summed E-state index contributed by atoms with van der Waals surface area (Å²) < 4.78 is 18.9. The predicted octanol–water partition coefficient (Wildman–Crippen LogP) is 3.68. The van der Waals surface area contributed by atoms with Gasteiger partial charge in [-0.05, 0) is 48.4 Å². The molecule has 1 fully saturated rings. The molecule has 5 rings (SSSR count). The Labute approximate surface area is 225 Å². The number of piperazine rings is 1. The maximum atomic E-state index is 13.1. The van der Waals surface area contributed by atoms with Crippen molar-refractivity contribution in [3.63, 3.8) is 0 Å². The molecule has 2 aromatic heterocycles. The van der Waals surface area contributed by atoms with Gasteiger partial charge < -0.3 is 19.9 Å². The average Bonchev–Trinajstić information content (AvgIpc) is 3.22. The maximum Gasteiger partial charge on any atom is 0.325 e. The lowest BCUT2D eigenvalue weighted by Crippen LogP contribution is -2.51. The van der Waals surface area contributed by atoms with Crippen molar-refractivity contribution >= 4 is 52.9 Å². The van der Waals surface area contributed by atoms with Crippen molar-refractivity contribution < 1.29 is 13.9 Å². The van der Waals surface area contributed by atoms with E-state index in [2.05, 4.69) is 25.2 Å². The Morgan fingerprint density at radius 3 is 2.54 bits per heavy atom. The van der Waals surface area contributed by atoms with Crippen molar-refractivity contribution in [1.82, 2.24) is 30.1 Å². The number of aromatic amines is 2. The molecule has 1 aliphatic heterocycles. The van der Waals surface area contributed by atoms with Crippen molar-refractivity contribution in [3.8, 4) is 5.75 Å². The Bertz CT molecular complexity index is 1390. The number of H-pyrrole nitrogens is 2. The van der Waals surface area contributed by atoms with E-state index in [0.717, 1.165) is 36.1 Å². The minimum atomic E-state index is -0.284. The van der Waals surface area contributed by atoms with Crippen LogP contribution in [0.4, 0.5) is 9.18 Å². The molecule has 2 aromatic carbocycles. The zero-order chi connectivity index (χ0) is 24.2. The van der Waals surface area contributed by atoms with Gasteiger partial charge in [0, 0.05) is 44.7 Å². The first-order chi connectivity index (χ1) is 17.0. The van der Waals surface area contributed by atoms with Crippen LogP contribution in [0.5, 0.6) is 5.75 Å². The number of carbonyl (C=O) groups is 1. The van der Waals surface area contributed by atoms with Crippen molar-refractivity contribution in [3.05, 3.63) is 70.4 Å². The molecule has 12 heteroatoms. The molecular weight excluding hydrogens is 522 g/mol. The summed E-state index contributed by atoms with van der Waals surface area (Å²) in [4.78, 5) is 37.8. The molecule has 3 heterocycles. The van der Waals surface area contributed by atoms with Crippen LogP contribution in [0.15, 0.2) is 53.3 Å². The fourth-order valence-corrected chi connectivity index (χ4v) is 4.22. The van der Waals surface area contributed by atoms with Gasteiger partial charge in [-0.3, -0.25) is 9.88 Å². The van der Waals surface area contributed by atoms with Gasteiger partial charge in [0.25, 0.3) is 0 Å². The molecule has 0 unspecified atom stereocenters.